The monoisotopic (exact) mass is 514 g/mol. The highest BCUT2D eigenvalue weighted by Crippen LogP contribution is 2.44. The zero-order valence-electron chi connectivity index (χ0n) is 20.9. The van der Waals surface area contributed by atoms with Crippen LogP contribution in [-0.2, 0) is 22.7 Å². The van der Waals surface area contributed by atoms with E-state index in [1.807, 2.05) is 48.8 Å². The van der Waals surface area contributed by atoms with Gasteiger partial charge in [-0.05, 0) is 61.8 Å². The number of aryl methyl sites for hydroxylation is 1. The second kappa shape index (κ2) is 9.41. The van der Waals surface area contributed by atoms with E-state index in [2.05, 4.69) is 22.4 Å². The number of fused-ring (bicyclic) bond motifs is 1. The Bertz CT molecular complexity index is 1360. The van der Waals surface area contributed by atoms with Crippen LogP contribution in [0, 0.1) is 6.92 Å². The molecule has 1 aliphatic carbocycles. The van der Waals surface area contributed by atoms with E-state index in [1.54, 1.807) is 21.1 Å². The maximum Gasteiger partial charge on any atom is 0.255 e. The van der Waals surface area contributed by atoms with Crippen molar-refractivity contribution < 1.29 is 14.4 Å². The molecule has 2 aliphatic heterocycles. The van der Waals surface area contributed by atoms with Crippen LogP contribution in [0.25, 0.3) is 10.4 Å². The van der Waals surface area contributed by atoms with E-state index in [4.69, 9.17) is 0 Å². The molecule has 3 aliphatic rings. The molecule has 37 heavy (non-hydrogen) atoms. The number of amides is 3. The molecule has 3 aromatic rings. The number of benzene rings is 2. The van der Waals surface area contributed by atoms with E-state index < -0.39 is 11.6 Å². The molecule has 1 saturated heterocycles. The Morgan fingerprint density at radius 1 is 1.11 bits per heavy atom. The predicted molar refractivity (Wildman–Crippen MR) is 142 cm³/mol. The van der Waals surface area contributed by atoms with Crippen molar-refractivity contribution in [1.29, 1.82) is 0 Å². The molecule has 6 rings (SSSR count). The quantitative estimate of drug-likeness (QED) is 0.532. The number of nitrogens with zero attached hydrogens (tertiary/aromatic N) is 3. The van der Waals surface area contributed by atoms with Gasteiger partial charge in [-0.2, -0.15) is 0 Å². The first-order chi connectivity index (χ1) is 18.0. The number of thiazole rings is 1. The van der Waals surface area contributed by atoms with E-state index >= 15 is 0 Å². The first-order valence-corrected chi connectivity index (χ1v) is 13.8. The number of hydrogen-bond donors (Lipinski definition) is 1. The molecular formula is C29H30N4O3S. The molecule has 3 heterocycles. The Hall–Kier alpha value is -3.52. The smallest absolute Gasteiger partial charge is 0.255 e. The summed E-state index contributed by atoms with van der Waals surface area (Å²) in [7, 11) is 0. The van der Waals surface area contributed by atoms with E-state index in [9.17, 15) is 14.4 Å². The summed E-state index contributed by atoms with van der Waals surface area (Å²) in [6, 6.07) is 15.2. The molecule has 190 valence electrons. The van der Waals surface area contributed by atoms with Gasteiger partial charge in [0, 0.05) is 25.2 Å². The fraction of sp³-hybridized carbons (Fsp3) is 0.379. The van der Waals surface area contributed by atoms with Crippen LogP contribution in [0.15, 0.2) is 54.0 Å². The van der Waals surface area contributed by atoms with Crippen LogP contribution in [0.4, 0.5) is 0 Å². The molecule has 1 saturated carbocycles. The summed E-state index contributed by atoms with van der Waals surface area (Å²) in [5.74, 6) is -0.263. The van der Waals surface area contributed by atoms with Gasteiger partial charge in [0.25, 0.3) is 5.91 Å². The summed E-state index contributed by atoms with van der Waals surface area (Å²) < 4.78 is 0. The third-order valence-electron chi connectivity index (χ3n) is 8.16. The lowest BCUT2D eigenvalue weighted by Crippen LogP contribution is -2.65. The highest BCUT2D eigenvalue weighted by Gasteiger charge is 2.56. The van der Waals surface area contributed by atoms with Crippen molar-refractivity contribution in [3.63, 3.8) is 0 Å². The van der Waals surface area contributed by atoms with Gasteiger partial charge in [0.05, 0.1) is 16.1 Å². The highest BCUT2D eigenvalue weighted by molar-refractivity contribution is 7.13. The first kappa shape index (κ1) is 23.9. The summed E-state index contributed by atoms with van der Waals surface area (Å²) in [5.41, 5.74) is 5.81. The molecule has 2 fully saturated rings. The summed E-state index contributed by atoms with van der Waals surface area (Å²) in [6.07, 6.45) is 3.65. The Morgan fingerprint density at radius 3 is 2.57 bits per heavy atom. The largest absolute Gasteiger partial charge is 0.350 e. The van der Waals surface area contributed by atoms with Crippen LogP contribution in [-0.4, -0.2) is 50.6 Å². The van der Waals surface area contributed by atoms with Gasteiger partial charge >= 0.3 is 0 Å². The Morgan fingerprint density at radius 2 is 1.89 bits per heavy atom. The number of nitrogens with one attached hydrogen (secondary N) is 1. The van der Waals surface area contributed by atoms with Crippen LogP contribution in [0.3, 0.4) is 0 Å². The molecule has 7 nitrogen and oxygen atoms in total. The minimum Gasteiger partial charge on any atom is -0.350 e. The molecule has 1 unspecified atom stereocenters. The lowest BCUT2D eigenvalue weighted by atomic mass is 9.74. The van der Waals surface area contributed by atoms with Gasteiger partial charge in [-0.3, -0.25) is 14.4 Å². The molecule has 2 aromatic carbocycles. The maximum absolute atomic E-state index is 13.9. The van der Waals surface area contributed by atoms with E-state index in [0.717, 1.165) is 40.1 Å². The summed E-state index contributed by atoms with van der Waals surface area (Å²) in [6.45, 7) is 3.42. The van der Waals surface area contributed by atoms with Crippen LogP contribution < -0.4 is 5.32 Å². The summed E-state index contributed by atoms with van der Waals surface area (Å²) >= 11 is 1.62. The number of likely N-dealkylation sites (tertiary alicyclic amines) is 1. The lowest BCUT2D eigenvalue weighted by molar-refractivity contribution is -0.152. The molecule has 1 atom stereocenters. The number of carbonyl (C=O) groups is 3. The maximum atomic E-state index is 13.9. The molecule has 1 N–H and O–H groups in total. The average Bonchev–Trinajstić information content (AvgIpc) is 3.62. The third-order valence-corrected chi connectivity index (χ3v) is 9.14. The lowest BCUT2D eigenvalue weighted by Gasteiger charge is -2.49. The molecule has 8 heteroatoms. The van der Waals surface area contributed by atoms with Crippen LogP contribution in [0.1, 0.15) is 59.3 Å². The van der Waals surface area contributed by atoms with Crippen LogP contribution in [0.5, 0.6) is 0 Å². The minimum absolute atomic E-state index is 0.0677. The Labute approximate surface area is 220 Å². The fourth-order valence-corrected chi connectivity index (χ4v) is 6.73. The predicted octanol–water partition coefficient (Wildman–Crippen LogP) is 4.30. The molecule has 0 spiro atoms. The standard InChI is InChI=1S/C29H30N4O3S/c1-19-25(37-18-31-19)21-11-9-20(10-12-21)16-30-26(34)24-8-4-15-32(24)28(36)29(13-5-14-29)33-17-22-6-2-3-7-23(22)27(33)35/h2-3,6-7,9-12,18,24H,4-5,8,13-17H2,1H3,(H,30,34). The second-order valence-electron chi connectivity index (χ2n) is 10.3. The number of hydrogen-bond acceptors (Lipinski definition) is 5. The fourth-order valence-electron chi connectivity index (χ4n) is 5.92. The van der Waals surface area contributed by atoms with Gasteiger partial charge < -0.3 is 15.1 Å². The third kappa shape index (κ3) is 4.03. The van der Waals surface area contributed by atoms with E-state index in [1.165, 1.54) is 0 Å². The molecule has 0 radical (unpaired) electrons. The zero-order valence-corrected chi connectivity index (χ0v) is 21.7. The number of rotatable bonds is 6. The van der Waals surface area contributed by atoms with Crippen molar-refractivity contribution in [3.8, 4) is 10.4 Å². The van der Waals surface area contributed by atoms with Crippen molar-refractivity contribution >= 4 is 29.1 Å². The molecule has 3 amide bonds. The molecule has 0 bridgehead atoms. The van der Waals surface area contributed by atoms with Crippen molar-refractivity contribution in [1.82, 2.24) is 20.1 Å². The minimum atomic E-state index is -0.830. The van der Waals surface area contributed by atoms with Gasteiger partial charge in [0.15, 0.2) is 0 Å². The van der Waals surface area contributed by atoms with Crippen molar-refractivity contribution in [2.24, 2.45) is 0 Å². The van der Waals surface area contributed by atoms with Gasteiger partial charge in [0.2, 0.25) is 11.8 Å². The first-order valence-electron chi connectivity index (χ1n) is 13.0. The van der Waals surface area contributed by atoms with Crippen molar-refractivity contribution in [2.45, 2.75) is 63.7 Å². The summed E-state index contributed by atoms with van der Waals surface area (Å²) in [5, 5.41) is 3.05. The Balaban J connectivity index is 1.13. The molecule has 1 aromatic heterocycles. The van der Waals surface area contributed by atoms with Crippen LogP contribution >= 0.6 is 11.3 Å². The van der Waals surface area contributed by atoms with Gasteiger partial charge in [-0.25, -0.2) is 4.98 Å². The average molecular weight is 515 g/mol. The van der Waals surface area contributed by atoms with Gasteiger partial charge in [-0.15, -0.1) is 11.3 Å². The Kier molecular flexibility index (Phi) is 6.07. The van der Waals surface area contributed by atoms with Gasteiger partial charge in [0.1, 0.15) is 11.6 Å². The normalized spacial score (nSPS) is 20.0. The zero-order chi connectivity index (χ0) is 25.6. The van der Waals surface area contributed by atoms with Gasteiger partial charge in [-0.1, -0.05) is 42.5 Å². The van der Waals surface area contributed by atoms with Crippen molar-refractivity contribution in [3.05, 3.63) is 76.4 Å². The number of aromatic nitrogens is 1. The van der Waals surface area contributed by atoms with Crippen molar-refractivity contribution in [2.75, 3.05) is 6.54 Å². The van der Waals surface area contributed by atoms with E-state index in [-0.39, 0.29) is 17.7 Å². The number of carbonyl (C=O) groups excluding carboxylic acids is 3. The topological polar surface area (TPSA) is 82.6 Å². The SMILES string of the molecule is Cc1ncsc1-c1ccc(CNC(=O)C2CCCN2C(=O)C2(N3Cc4ccccc4C3=O)CCC2)cc1. The summed E-state index contributed by atoms with van der Waals surface area (Å²) in [4.78, 5) is 49.4. The van der Waals surface area contributed by atoms with Crippen LogP contribution in [0.2, 0.25) is 0 Å². The molecular weight excluding hydrogens is 484 g/mol. The highest BCUT2D eigenvalue weighted by atomic mass is 32.1. The second-order valence-corrected chi connectivity index (χ2v) is 11.1. The van der Waals surface area contributed by atoms with E-state index in [0.29, 0.717) is 44.5 Å².